The normalized spacial score (nSPS) is 12.1. The van der Waals surface area contributed by atoms with Gasteiger partial charge in [0.05, 0.1) is 26.5 Å². The molecule has 0 radical (unpaired) electrons. The van der Waals surface area contributed by atoms with E-state index in [4.69, 9.17) is 15.2 Å². The molecule has 0 saturated carbocycles. The van der Waals surface area contributed by atoms with Gasteiger partial charge in [-0.25, -0.2) is 4.98 Å². The molecule has 0 aliphatic heterocycles. The first-order chi connectivity index (χ1) is 9.55. The molecule has 0 fully saturated rings. The van der Waals surface area contributed by atoms with Crippen LogP contribution in [-0.4, -0.2) is 24.2 Å². The van der Waals surface area contributed by atoms with Gasteiger partial charge in [0.25, 0.3) is 0 Å². The van der Waals surface area contributed by atoms with Crippen molar-refractivity contribution in [2.75, 3.05) is 14.2 Å². The monoisotopic (exact) mass is 273 g/mol. The van der Waals surface area contributed by atoms with Crippen molar-refractivity contribution in [2.24, 2.45) is 5.73 Å². The third kappa shape index (κ3) is 2.88. The van der Waals surface area contributed by atoms with Gasteiger partial charge in [-0.3, -0.25) is 0 Å². The van der Waals surface area contributed by atoms with Crippen molar-refractivity contribution in [3.05, 3.63) is 46.8 Å². The Balaban J connectivity index is 2.44. The molecular formula is C15H19N3O2. The SMILES string of the molecule is COc1cnc(C(N)c2cc(C)cc(C)c2)c(OC)n1. The van der Waals surface area contributed by atoms with Gasteiger partial charge >= 0.3 is 0 Å². The van der Waals surface area contributed by atoms with Crippen molar-refractivity contribution >= 4 is 0 Å². The average molecular weight is 273 g/mol. The summed E-state index contributed by atoms with van der Waals surface area (Å²) >= 11 is 0. The fourth-order valence-corrected chi connectivity index (χ4v) is 2.18. The van der Waals surface area contributed by atoms with Crippen LogP contribution in [0.2, 0.25) is 0 Å². The van der Waals surface area contributed by atoms with Crippen molar-refractivity contribution in [1.29, 1.82) is 0 Å². The highest BCUT2D eigenvalue weighted by Crippen LogP contribution is 2.27. The highest BCUT2D eigenvalue weighted by Gasteiger charge is 2.18. The summed E-state index contributed by atoms with van der Waals surface area (Å²) in [6.45, 7) is 4.08. The Morgan fingerprint density at radius 2 is 1.70 bits per heavy atom. The highest BCUT2D eigenvalue weighted by atomic mass is 16.5. The van der Waals surface area contributed by atoms with E-state index >= 15 is 0 Å². The molecule has 0 saturated heterocycles. The van der Waals surface area contributed by atoms with Crippen LogP contribution in [0.1, 0.15) is 28.4 Å². The lowest BCUT2D eigenvalue weighted by Gasteiger charge is -2.16. The van der Waals surface area contributed by atoms with Gasteiger partial charge in [-0.05, 0) is 19.4 Å². The zero-order valence-electron chi connectivity index (χ0n) is 12.2. The van der Waals surface area contributed by atoms with E-state index in [0.717, 1.165) is 16.7 Å². The summed E-state index contributed by atoms with van der Waals surface area (Å²) in [6, 6.07) is 5.81. The second-order valence-electron chi connectivity index (χ2n) is 4.71. The molecular weight excluding hydrogens is 254 g/mol. The number of aromatic nitrogens is 2. The molecule has 2 aromatic rings. The molecule has 0 aliphatic carbocycles. The number of nitrogens with two attached hydrogens (primary N) is 1. The number of ether oxygens (including phenoxy) is 2. The van der Waals surface area contributed by atoms with E-state index < -0.39 is 0 Å². The molecule has 20 heavy (non-hydrogen) atoms. The summed E-state index contributed by atoms with van der Waals surface area (Å²) in [7, 11) is 3.08. The summed E-state index contributed by atoms with van der Waals surface area (Å²) < 4.78 is 10.3. The Morgan fingerprint density at radius 3 is 2.25 bits per heavy atom. The molecule has 2 N–H and O–H groups in total. The largest absolute Gasteiger partial charge is 0.480 e. The van der Waals surface area contributed by atoms with E-state index in [1.54, 1.807) is 13.3 Å². The predicted molar refractivity (Wildman–Crippen MR) is 77.1 cm³/mol. The number of hydrogen-bond acceptors (Lipinski definition) is 5. The maximum absolute atomic E-state index is 6.30. The molecule has 106 valence electrons. The molecule has 2 rings (SSSR count). The Labute approximate surface area is 118 Å². The number of aryl methyl sites for hydroxylation is 2. The van der Waals surface area contributed by atoms with E-state index in [9.17, 15) is 0 Å². The lowest BCUT2D eigenvalue weighted by Crippen LogP contribution is -2.16. The maximum Gasteiger partial charge on any atom is 0.240 e. The fourth-order valence-electron chi connectivity index (χ4n) is 2.18. The van der Waals surface area contributed by atoms with Crippen molar-refractivity contribution in [3.63, 3.8) is 0 Å². The van der Waals surface area contributed by atoms with Crippen LogP contribution in [0.5, 0.6) is 11.8 Å². The molecule has 0 spiro atoms. The molecule has 1 heterocycles. The van der Waals surface area contributed by atoms with E-state index in [-0.39, 0.29) is 6.04 Å². The molecule has 1 unspecified atom stereocenters. The Morgan fingerprint density at radius 1 is 1.05 bits per heavy atom. The minimum Gasteiger partial charge on any atom is -0.480 e. The first-order valence-electron chi connectivity index (χ1n) is 6.34. The number of rotatable bonds is 4. The van der Waals surface area contributed by atoms with Gasteiger partial charge in [0.1, 0.15) is 5.69 Å². The van der Waals surface area contributed by atoms with Crippen LogP contribution in [0, 0.1) is 13.8 Å². The van der Waals surface area contributed by atoms with Crippen molar-refractivity contribution in [1.82, 2.24) is 9.97 Å². The van der Waals surface area contributed by atoms with Crippen LogP contribution in [0.15, 0.2) is 24.4 Å². The number of hydrogen-bond donors (Lipinski definition) is 1. The standard InChI is InChI=1S/C15H19N3O2/c1-9-5-10(2)7-11(6-9)13(16)14-15(20-4)18-12(19-3)8-17-14/h5-8,13H,16H2,1-4H3. The minimum absolute atomic E-state index is 0.385. The summed E-state index contributed by atoms with van der Waals surface area (Å²) in [6.07, 6.45) is 1.54. The van der Waals surface area contributed by atoms with Crippen LogP contribution >= 0.6 is 0 Å². The van der Waals surface area contributed by atoms with Gasteiger partial charge in [0, 0.05) is 0 Å². The lowest BCUT2D eigenvalue weighted by molar-refractivity contribution is 0.355. The second-order valence-corrected chi connectivity index (χ2v) is 4.71. The van der Waals surface area contributed by atoms with Gasteiger partial charge in [-0.1, -0.05) is 29.3 Å². The first-order valence-corrected chi connectivity index (χ1v) is 6.34. The summed E-state index contributed by atoms with van der Waals surface area (Å²) in [4.78, 5) is 8.53. The zero-order valence-corrected chi connectivity index (χ0v) is 12.2. The third-order valence-corrected chi connectivity index (χ3v) is 3.05. The number of benzene rings is 1. The molecule has 1 aromatic carbocycles. The van der Waals surface area contributed by atoms with E-state index in [2.05, 4.69) is 16.0 Å². The quantitative estimate of drug-likeness (QED) is 0.924. The van der Waals surface area contributed by atoms with Crippen LogP contribution in [-0.2, 0) is 0 Å². The summed E-state index contributed by atoms with van der Waals surface area (Å²) in [5, 5.41) is 0. The zero-order chi connectivity index (χ0) is 14.7. The third-order valence-electron chi connectivity index (χ3n) is 3.05. The van der Waals surface area contributed by atoms with Gasteiger partial charge in [-0.2, -0.15) is 4.98 Å². The van der Waals surface area contributed by atoms with E-state index in [0.29, 0.717) is 17.5 Å². The van der Waals surface area contributed by atoms with Gasteiger partial charge in [-0.15, -0.1) is 0 Å². The van der Waals surface area contributed by atoms with Crippen molar-refractivity contribution < 1.29 is 9.47 Å². The molecule has 0 aliphatic rings. The molecule has 5 heteroatoms. The van der Waals surface area contributed by atoms with E-state index in [1.165, 1.54) is 7.11 Å². The van der Waals surface area contributed by atoms with Gasteiger partial charge in [0.15, 0.2) is 0 Å². The predicted octanol–water partition coefficient (Wildman–Crippen LogP) is 2.16. The van der Waals surface area contributed by atoms with Crippen molar-refractivity contribution in [3.8, 4) is 11.8 Å². The van der Waals surface area contributed by atoms with Crippen LogP contribution in [0.3, 0.4) is 0 Å². The molecule has 1 atom stereocenters. The smallest absolute Gasteiger partial charge is 0.240 e. The van der Waals surface area contributed by atoms with Gasteiger partial charge < -0.3 is 15.2 Å². The van der Waals surface area contributed by atoms with E-state index in [1.807, 2.05) is 26.0 Å². The lowest BCUT2D eigenvalue weighted by atomic mass is 10.00. The maximum atomic E-state index is 6.30. The van der Waals surface area contributed by atoms with Gasteiger partial charge in [0.2, 0.25) is 11.8 Å². The Bertz CT molecular complexity index is 594. The van der Waals surface area contributed by atoms with Crippen LogP contribution in [0.25, 0.3) is 0 Å². The molecule has 0 bridgehead atoms. The Kier molecular flexibility index (Phi) is 4.20. The minimum atomic E-state index is -0.387. The summed E-state index contributed by atoms with van der Waals surface area (Å²) in [5.41, 5.74) is 10.2. The molecule has 0 amide bonds. The fraction of sp³-hybridized carbons (Fsp3) is 0.333. The average Bonchev–Trinajstić information content (AvgIpc) is 2.44. The Hall–Kier alpha value is -2.14. The number of nitrogens with zero attached hydrogens (tertiary/aromatic N) is 2. The molecule has 5 nitrogen and oxygen atoms in total. The molecule has 1 aromatic heterocycles. The topological polar surface area (TPSA) is 70.3 Å². The van der Waals surface area contributed by atoms with Crippen LogP contribution < -0.4 is 15.2 Å². The first kappa shape index (κ1) is 14.3. The second kappa shape index (κ2) is 5.88. The summed E-state index contributed by atoms with van der Waals surface area (Å²) in [5.74, 6) is 0.786. The highest BCUT2D eigenvalue weighted by molar-refractivity contribution is 5.37. The van der Waals surface area contributed by atoms with Crippen LogP contribution in [0.4, 0.5) is 0 Å². The number of methoxy groups -OCH3 is 2. The van der Waals surface area contributed by atoms with Crippen molar-refractivity contribution in [2.45, 2.75) is 19.9 Å².